The van der Waals surface area contributed by atoms with E-state index >= 15 is 0 Å². The van der Waals surface area contributed by atoms with Crippen molar-refractivity contribution in [1.29, 1.82) is 0 Å². The zero-order valence-corrected chi connectivity index (χ0v) is 5.14. The minimum Gasteiger partial charge on any atom is -0.366 e. The molecule has 0 aliphatic heterocycles. The lowest BCUT2D eigenvalue weighted by molar-refractivity contribution is -0.111. The van der Waals surface area contributed by atoms with Crippen LogP contribution in [0.25, 0.3) is 0 Å². The van der Waals surface area contributed by atoms with Crippen molar-refractivity contribution in [2.75, 3.05) is 6.26 Å². The van der Waals surface area contributed by atoms with Gasteiger partial charge in [0.05, 0.1) is 15.2 Å². The van der Waals surface area contributed by atoms with Crippen LogP contribution >= 0.6 is 0 Å². The number of nitrogens with two attached hydrogens (primary N) is 1. The van der Waals surface area contributed by atoms with Crippen LogP contribution in [0.15, 0.2) is 0 Å². The molecule has 0 rings (SSSR count). The molecule has 0 aliphatic carbocycles. The standard InChI is InChI=1S/C3H7NO3S/c1-8(6,7)2-3(4)5/h2H,1H3,(H2,4,5)(H,6,7). The van der Waals surface area contributed by atoms with Crippen molar-refractivity contribution >= 4 is 21.1 Å². The molecule has 3 N–H and O–H groups in total. The fraction of sp³-hybridized carbons (Fsp3) is 0.333. The largest absolute Gasteiger partial charge is 0.366 e. The van der Waals surface area contributed by atoms with E-state index in [1.807, 2.05) is 0 Å². The number of carbonyl (C=O) groups excluding carboxylic acids is 1. The molecule has 0 spiro atoms. The topological polar surface area (TPSA) is 80.4 Å². The number of carbonyl (C=O) groups is 1. The first-order chi connectivity index (χ1) is 3.42. The first kappa shape index (κ1) is 7.45. The van der Waals surface area contributed by atoms with Crippen molar-refractivity contribution in [3.05, 3.63) is 0 Å². The number of primary amides is 1. The van der Waals surface area contributed by atoms with Gasteiger partial charge in [0, 0.05) is 6.26 Å². The Hall–Kier alpha value is -0.550. The van der Waals surface area contributed by atoms with E-state index in [2.05, 4.69) is 5.73 Å². The molecule has 0 radical (unpaired) electrons. The van der Waals surface area contributed by atoms with Gasteiger partial charge in [-0.2, -0.15) is 0 Å². The van der Waals surface area contributed by atoms with E-state index in [4.69, 9.17) is 4.55 Å². The Labute approximate surface area is 47.5 Å². The number of hydrogen-bond acceptors (Lipinski definition) is 2. The SMILES string of the molecule is CS(=O)(O)=CC(N)=O. The van der Waals surface area contributed by atoms with Gasteiger partial charge >= 0.3 is 0 Å². The lowest BCUT2D eigenvalue weighted by atomic mass is 10.8. The summed E-state index contributed by atoms with van der Waals surface area (Å²) in [6.07, 6.45) is 1.01. The molecule has 1 atom stereocenters. The van der Waals surface area contributed by atoms with E-state index in [0.29, 0.717) is 5.37 Å². The van der Waals surface area contributed by atoms with Crippen molar-refractivity contribution in [2.24, 2.45) is 5.73 Å². The average Bonchev–Trinajstić information content (AvgIpc) is 1.21. The molecule has 1 amide bonds. The van der Waals surface area contributed by atoms with Gasteiger partial charge in [0.2, 0.25) is 0 Å². The van der Waals surface area contributed by atoms with Gasteiger partial charge in [-0.1, -0.05) is 0 Å². The molecule has 0 heterocycles. The molecule has 0 aromatic heterocycles. The summed E-state index contributed by atoms with van der Waals surface area (Å²) in [6, 6.07) is 0. The summed E-state index contributed by atoms with van der Waals surface area (Å²) in [5.74, 6) is -0.875. The molecule has 0 aromatic carbocycles. The van der Waals surface area contributed by atoms with E-state index in [9.17, 15) is 9.00 Å². The van der Waals surface area contributed by atoms with Crippen molar-refractivity contribution in [3.63, 3.8) is 0 Å². The Balaban J connectivity index is 4.44. The molecule has 1 unspecified atom stereocenters. The number of hydrogen-bond donors (Lipinski definition) is 2. The maximum Gasteiger partial charge on any atom is 0.251 e. The van der Waals surface area contributed by atoms with Crippen LogP contribution in [-0.4, -0.2) is 26.3 Å². The highest BCUT2D eigenvalue weighted by Gasteiger charge is 1.91. The molecule has 0 aliphatic rings. The van der Waals surface area contributed by atoms with E-state index in [1.54, 1.807) is 0 Å². The second-order valence-corrected chi connectivity index (χ2v) is 3.34. The summed E-state index contributed by atoms with van der Waals surface area (Å²) >= 11 is 0. The molecule has 0 saturated carbocycles. The highest BCUT2D eigenvalue weighted by Crippen LogP contribution is 1.69. The van der Waals surface area contributed by atoms with Crippen molar-refractivity contribution in [3.8, 4) is 0 Å². The van der Waals surface area contributed by atoms with Crippen LogP contribution in [0.5, 0.6) is 0 Å². The summed E-state index contributed by atoms with van der Waals surface area (Å²) in [6.45, 7) is 0. The predicted octanol–water partition coefficient (Wildman–Crippen LogP) is -1.34. The summed E-state index contributed by atoms with van der Waals surface area (Å²) in [7, 11) is -3.07. The van der Waals surface area contributed by atoms with Crippen LogP contribution in [0, 0.1) is 0 Å². The number of rotatable bonds is 1. The maximum atomic E-state index is 10.2. The molecular formula is C3H7NO3S. The monoisotopic (exact) mass is 137 g/mol. The molecular weight excluding hydrogens is 130 g/mol. The van der Waals surface area contributed by atoms with Gasteiger partial charge in [-0.15, -0.1) is 0 Å². The van der Waals surface area contributed by atoms with Crippen LogP contribution in [0.4, 0.5) is 0 Å². The first-order valence-electron chi connectivity index (χ1n) is 1.77. The fourth-order valence-corrected chi connectivity index (χ4v) is 0.647. The van der Waals surface area contributed by atoms with Gasteiger partial charge in [0.25, 0.3) is 5.91 Å². The highest BCUT2D eigenvalue weighted by molar-refractivity contribution is 7.96. The molecule has 0 fully saturated rings. The Morgan fingerprint density at radius 1 is 1.88 bits per heavy atom. The van der Waals surface area contributed by atoms with Crippen LogP contribution in [0.1, 0.15) is 0 Å². The van der Waals surface area contributed by atoms with Crippen LogP contribution in [0.2, 0.25) is 0 Å². The summed E-state index contributed by atoms with van der Waals surface area (Å²) < 4.78 is 18.6. The second kappa shape index (κ2) is 2.15. The van der Waals surface area contributed by atoms with Gasteiger partial charge in [0.15, 0.2) is 0 Å². The molecule has 48 valence electrons. The van der Waals surface area contributed by atoms with Gasteiger partial charge in [0.1, 0.15) is 0 Å². The van der Waals surface area contributed by atoms with Crippen LogP contribution in [0.3, 0.4) is 0 Å². The molecule has 0 aromatic rings. The first-order valence-corrected chi connectivity index (χ1v) is 3.76. The Kier molecular flexibility index (Phi) is 2.00. The molecule has 5 heteroatoms. The zero-order chi connectivity index (χ0) is 6.78. The van der Waals surface area contributed by atoms with Crippen molar-refractivity contribution in [1.82, 2.24) is 0 Å². The van der Waals surface area contributed by atoms with Gasteiger partial charge in [-0.3, -0.25) is 4.79 Å². The average molecular weight is 137 g/mol. The van der Waals surface area contributed by atoms with E-state index < -0.39 is 15.7 Å². The van der Waals surface area contributed by atoms with E-state index in [1.165, 1.54) is 0 Å². The minimum atomic E-state index is -3.07. The zero-order valence-electron chi connectivity index (χ0n) is 4.33. The molecule has 0 saturated heterocycles. The van der Waals surface area contributed by atoms with Gasteiger partial charge in [-0.25, -0.2) is 4.21 Å². The van der Waals surface area contributed by atoms with Crippen molar-refractivity contribution in [2.45, 2.75) is 0 Å². The molecule has 0 bridgehead atoms. The lowest BCUT2D eigenvalue weighted by Gasteiger charge is -1.86. The summed E-state index contributed by atoms with van der Waals surface area (Å²) in [5, 5.41) is 0.576. The quantitative estimate of drug-likeness (QED) is 0.439. The minimum absolute atomic E-state index is 0.576. The highest BCUT2D eigenvalue weighted by atomic mass is 32.2. The number of amides is 1. The third kappa shape index (κ3) is 5.45. The summed E-state index contributed by atoms with van der Waals surface area (Å²) in [5.41, 5.74) is 4.54. The third-order valence-electron chi connectivity index (χ3n) is 0.335. The molecule has 8 heavy (non-hydrogen) atoms. The van der Waals surface area contributed by atoms with Crippen LogP contribution in [-0.2, 0) is 14.6 Å². The van der Waals surface area contributed by atoms with Crippen molar-refractivity contribution < 1.29 is 13.6 Å². The smallest absolute Gasteiger partial charge is 0.251 e. The fourth-order valence-electron chi connectivity index (χ4n) is 0.216. The Morgan fingerprint density at radius 2 is 2.25 bits per heavy atom. The van der Waals surface area contributed by atoms with E-state index in [0.717, 1.165) is 6.26 Å². The predicted molar refractivity (Wildman–Crippen MR) is 32.0 cm³/mol. The van der Waals surface area contributed by atoms with E-state index in [-0.39, 0.29) is 0 Å². The normalized spacial score (nSPS) is 16.8. The molecule has 4 nitrogen and oxygen atoms in total. The van der Waals surface area contributed by atoms with Gasteiger partial charge in [-0.05, 0) is 0 Å². The lowest BCUT2D eigenvalue weighted by Crippen LogP contribution is -2.17. The Morgan fingerprint density at radius 3 is 2.25 bits per heavy atom. The third-order valence-corrected chi connectivity index (χ3v) is 1.00. The van der Waals surface area contributed by atoms with Crippen LogP contribution < -0.4 is 5.73 Å². The summed E-state index contributed by atoms with van der Waals surface area (Å²) in [4.78, 5) is 9.84. The van der Waals surface area contributed by atoms with Gasteiger partial charge < -0.3 is 10.3 Å². The Bertz CT molecular complexity index is 193. The second-order valence-electron chi connectivity index (χ2n) is 1.38. The maximum absolute atomic E-state index is 10.2.